The molecule has 1 N–H and O–H groups in total. The van der Waals surface area contributed by atoms with Crippen LogP contribution in [0.15, 0.2) is 29.0 Å². The van der Waals surface area contributed by atoms with Crippen molar-refractivity contribution in [2.24, 2.45) is 5.41 Å². The van der Waals surface area contributed by atoms with E-state index < -0.39 is 0 Å². The predicted octanol–water partition coefficient (Wildman–Crippen LogP) is 4.43. The van der Waals surface area contributed by atoms with Crippen molar-refractivity contribution in [1.82, 2.24) is 10.2 Å². The highest BCUT2D eigenvalue weighted by atomic mass is 16.4. The molecule has 1 saturated carbocycles. The zero-order chi connectivity index (χ0) is 14.9. The number of aryl methyl sites for hydroxylation is 1. The molecule has 0 saturated heterocycles. The number of benzene rings is 1. The monoisotopic (exact) mass is 285 g/mol. The minimum absolute atomic E-state index is 0.357. The quantitative estimate of drug-likeness (QED) is 0.906. The summed E-state index contributed by atoms with van der Waals surface area (Å²) in [5, 5.41) is 11.4. The van der Waals surface area contributed by atoms with E-state index in [9.17, 15) is 0 Å². The number of aromatic nitrogens is 2. The molecule has 2 aromatic rings. The van der Waals surface area contributed by atoms with Crippen molar-refractivity contribution >= 4 is 5.69 Å². The molecular formula is C17H23N3O. The molecule has 0 spiro atoms. The number of nitrogens with zero attached hydrogens (tertiary/aromatic N) is 2. The highest BCUT2D eigenvalue weighted by Crippen LogP contribution is 2.38. The van der Waals surface area contributed by atoms with Gasteiger partial charge in [0.2, 0.25) is 12.3 Å². The van der Waals surface area contributed by atoms with Gasteiger partial charge >= 0.3 is 0 Å². The first-order valence-electron chi connectivity index (χ1n) is 7.70. The van der Waals surface area contributed by atoms with Crippen LogP contribution in [0.4, 0.5) is 5.69 Å². The summed E-state index contributed by atoms with van der Waals surface area (Å²) in [7, 11) is 0. The van der Waals surface area contributed by atoms with Crippen LogP contribution in [0.5, 0.6) is 0 Å². The molecule has 1 aromatic heterocycles. The second kappa shape index (κ2) is 5.51. The Morgan fingerprint density at radius 3 is 2.81 bits per heavy atom. The number of hydrogen-bond acceptors (Lipinski definition) is 4. The Balaban J connectivity index is 1.80. The van der Waals surface area contributed by atoms with Gasteiger partial charge in [0.15, 0.2) is 0 Å². The summed E-state index contributed by atoms with van der Waals surface area (Å²) in [5.41, 5.74) is 3.75. The molecule has 1 atom stereocenters. The Bertz CT molecular complexity index is 605. The van der Waals surface area contributed by atoms with Crippen LogP contribution in [-0.2, 0) is 0 Å². The van der Waals surface area contributed by atoms with Crippen molar-refractivity contribution in [3.63, 3.8) is 0 Å². The van der Waals surface area contributed by atoms with E-state index in [1.165, 1.54) is 43.3 Å². The van der Waals surface area contributed by atoms with E-state index in [-0.39, 0.29) is 0 Å². The normalized spacial score (nSPS) is 21.2. The van der Waals surface area contributed by atoms with Crippen LogP contribution in [0.3, 0.4) is 0 Å². The van der Waals surface area contributed by atoms with Gasteiger partial charge in [-0.2, -0.15) is 0 Å². The minimum Gasteiger partial charge on any atom is -0.423 e. The summed E-state index contributed by atoms with van der Waals surface area (Å²) < 4.78 is 5.25. The van der Waals surface area contributed by atoms with Crippen LogP contribution >= 0.6 is 0 Å². The molecule has 0 bridgehead atoms. The maximum Gasteiger partial charge on any atom is 0.247 e. The molecule has 112 valence electrons. The maximum atomic E-state index is 5.25. The van der Waals surface area contributed by atoms with Gasteiger partial charge in [0.25, 0.3) is 0 Å². The molecule has 0 radical (unpaired) electrons. The lowest BCUT2D eigenvalue weighted by molar-refractivity contribution is 0.217. The number of rotatable bonds is 3. The summed E-state index contributed by atoms with van der Waals surface area (Å²) in [6, 6.07) is 6.81. The van der Waals surface area contributed by atoms with E-state index in [1.54, 1.807) is 0 Å². The van der Waals surface area contributed by atoms with Gasteiger partial charge in [-0.1, -0.05) is 26.7 Å². The zero-order valence-electron chi connectivity index (χ0n) is 13.0. The van der Waals surface area contributed by atoms with Gasteiger partial charge in [-0.05, 0) is 48.9 Å². The van der Waals surface area contributed by atoms with Gasteiger partial charge in [0, 0.05) is 17.3 Å². The summed E-state index contributed by atoms with van der Waals surface area (Å²) in [5.74, 6) is 0.572. The highest BCUT2D eigenvalue weighted by Gasteiger charge is 2.32. The molecule has 1 aromatic carbocycles. The smallest absolute Gasteiger partial charge is 0.247 e. The topological polar surface area (TPSA) is 51.0 Å². The Hall–Kier alpha value is -1.84. The first-order valence-corrected chi connectivity index (χ1v) is 7.70. The van der Waals surface area contributed by atoms with Gasteiger partial charge in [-0.3, -0.25) is 0 Å². The number of anilines is 1. The predicted molar refractivity (Wildman–Crippen MR) is 84.1 cm³/mol. The fourth-order valence-electron chi connectivity index (χ4n) is 3.21. The summed E-state index contributed by atoms with van der Waals surface area (Å²) >= 11 is 0. The van der Waals surface area contributed by atoms with Crippen LogP contribution < -0.4 is 5.32 Å². The first kappa shape index (κ1) is 14.1. The number of nitrogens with one attached hydrogen (secondary N) is 1. The fraction of sp³-hybridized carbons (Fsp3) is 0.529. The minimum atomic E-state index is 0.357. The molecule has 3 rings (SSSR count). The van der Waals surface area contributed by atoms with Gasteiger partial charge < -0.3 is 9.73 Å². The van der Waals surface area contributed by atoms with Crippen molar-refractivity contribution in [3.05, 3.63) is 30.2 Å². The SMILES string of the molecule is Cc1cc(-c2nnco2)ccc1NC1CCCCC1(C)C. The Morgan fingerprint density at radius 2 is 2.14 bits per heavy atom. The van der Waals surface area contributed by atoms with Crippen molar-refractivity contribution in [1.29, 1.82) is 0 Å². The second-order valence-corrected chi connectivity index (χ2v) is 6.70. The van der Waals surface area contributed by atoms with Crippen molar-refractivity contribution in [3.8, 4) is 11.5 Å². The number of hydrogen-bond donors (Lipinski definition) is 1. The molecule has 1 unspecified atom stereocenters. The van der Waals surface area contributed by atoms with Crippen LogP contribution in [0.1, 0.15) is 45.1 Å². The molecule has 1 heterocycles. The molecule has 1 fully saturated rings. The highest BCUT2D eigenvalue weighted by molar-refractivity contribution is 5.62. The first-order chi connectivity index (χ1) is 10.1. The molecule has 4 heteroatoms. The summed E-state index contributed by atoms with van der Waals surface area (Å²) in [4.78, 5) is 0. The lowest BCUT2D eigenvalue weighted by atomic mass is 9.73. The van der Waals surface area contributed by atoms with E-state index in [0.29, 0.717) is 17.3 Å². The van der Waals surface area contributed by atoms with Crippen molar-refractivity contribution < 1.29 is 4.42 Å². The van der Waals surface area contributed by atoms with Gasteiger partial charge in [0.05, 0.1) is 0 Å². The maximum absolute atomic E-state index is 5.25. The van der Waals surface area contributed by atoms with E-state index in [4.69, 9.17) is 4.42 Å². The average Bonchev–Trinajstić information content (AvgIpc) is 2.97. The summed E-state index contributed by atoms with van der Waals surface area (Å²) in [6.07, 6.45) is 6.57. The molecule has 1 aliphatic rings. The average molecular weight is 285 g/mol. The van der Waals surface area contributed by atoms with E-state index in [0.717, 1.165) is 5.56 Å². The van der Waals surface area contributed by atoms with Gasteiger partial charge in [-0.25, -0.2) is 0 Å². The van der Waals surface area contributed by atoms with Gasteiger partial charge in [0.1, 0.15) is 0 Å². The second-order valence-electron chi connectivity index (χ2n) is 6.70. The molecule has 21 heavy (non-hydrogen) atoms. The third-order valence-corrected chi connectivity index (χ3v) is 4.67. The standard InChI is InChI=1S/C17H23N3O/c1-12-10-13(16-20-18-11-21-16)7-8-14(12)19-15-6-4-5-9-17(15,2)3/h7-8,10-11,15,19H,4-6,9H2,1-3H3. The third kappa shape index (κ3) is 2.94. The Kier molecular flexibility index (Phi) is 3.70. The summed E-state index contributed by atoms with van der Waals surface area (Å²) in [6.45, 7) is 6.86. The van der Waals surface area contributed by atoms with Gasteiger partial charge in [-0.15, -0.1) is 10.2 Å². The lowest BCUT2D eigenvalue weighted by Crippen LogP contribution is -2.39. The Morgan fingerprint density at radius 1 is 1.29 bits per heavy atom. The molecule has 0 aliphatic heterocycles. The van der Waals surface area contributed by atoms with Crippen LogP contribution in [-0.4, -0.2) is 16.2 Å². The third-order valence-electron chi connectivity index (χ3n) is 4.67. The van der Waals surface area contributed by atoms with Crippen LogP contribution in [0.2, 0.25) is 0 Å². The molecular weight excluding hydrogens is 262 g/mol. The zero-order valence-corrected chi connectivity index (χ0v) is 13.0. The molecule has 0 amide bonds. The fourth-order valence-corrected chi connectivity index (χ4v) is 3.21. The molecule has 4 nitrogen and oxygen atoms in total. The van der Waals surface area contributed by atoms with Crippen molar-refractivity contribution in [2.75, 3.05) is 5.32 Å². The largest absolute Gasteiger partial charge is 0.423 e. The van der Waals surface area contributed by atoms with E-state index in [1.807, 2.05) is 6.07 Å². The van der Waals surface area contributed by atoms with E-state index in [2.05, 4.69) is 48.4 Å². The van der Waals surface area contributed by atoms with Crippen LogP contribution in [0, 0.1) is 12.3 Å². The lowest BCUT2D eigenvalue weighted by Gasteiger charge is -2.40. The Labute approximate surface area is 126 Å². The van der Waals surface area contributed by atoms with Crippen molar-refractivity contribution in [2.45, 2.75) is 52.5 Å². The van der Waals surface area contributed by atoms with E-state index >= 15 is 0 Å². The van der Waals surface area contributed by atoms with Crippen LogP contribution in [0.25, 0.3) is 11.5 Å². The molecule has 1 aliphatic carbocycles.